The molecule has 0 saturated carbocycles. The molecule has 0 bridgehead atoms. The molecule has 2 heterocycles. The van der Waals surface area contributed by atoms with Crippen molar-refractivity contribution >= 4 is 5.97 Å². The molecule has 144 valence electrons. The lowest BCUT2D eigenvalue weighted by Crippen LogP contribution is -2.17. The lowest BCUT2D eigenvalue weighted by atomic mass is 9.92. The molecule has 3 aromatic rings. The molecule has 1 aliphatic heterocycles. The zero-order valence-electron chi connectivity index (χ0n) is 15.7. The van der Waals surface area contributed by atoms with Crippen LogP contribution in [-0.2, 0) is 21.7 Å². The highest BCUT2D eigenvalue weighted by atomic mass is 16.6. The van der Waals surface area contributed by atoms with Crippen LogP contribution in [0.25, 0.3) is 11.5 Å². The third-order valence-electron chi connectivity index (χ3n) is 5.03. The number of nitrogens with zero attached hydrogens (tertiary/aromatic N) is 1. The highest BCUT2D eigenvalue weighted by Gasteiger charge is 2.56. The summed E-state index contributed by atoms with van der Waals surface area (Å²) >= 11 is 0. The molecule has 1 N–H and O–H groups in total. The summed E-state index contributed by atoms with van der Waals surface area (Å²) in [7, 11) is 0. The third kappa shape index (κ3) is 3.51. The average Bonchev–Trinajstić information content (AvgIpc) is 3.17. The number of hydrogen-bond donors (Lipinski definition) is 1. The maximum atomic E-state index is 11.1. The van der Waals surface area contributed by atoms with Gasteiger partial charge in [-0.25, -0.2) is 4.98 Å². The Labute approximate surface area is 162 Å². The van der Waals surface area contributed by atoms with E-state index >= 15 is 0 Å². The van der Waals surface area contributed by atoms with Gasteiger partial charge in [-0.2, -0.15) is 0 Å². The van der Waals surface area contributed by atoms with Crippen LogP contribution < -0.4 is 4.74 Å². The zero-order valence-corrected chi connectivity index (χ0v) is 15.7. The highest BCUT2D eigenvalue weighted by molar-refractivity contribution is 5.69. The van der Waals surface area contributed by atoms with E-state index in [1.807, 2.05) is 68.4 Å². The number of aromatic nitrogens is 1. The Hall–Kier alpha value is -3.12. The Bertz CT molecular complexity index is 980. The van der Waals surface area contributed by atoms with E-state index in [-0.39, 0.29) is 19.1 Å². The van der Waals surface area contributed by atoms with Gasteiger partial charge in [0.2, 0.25) is 5.89 Å². The number of benzene rings is 2. The highest BCUT2D eigenvalue weighted by Crippen LogP contribution is 2.49. The average molecular weight is 379 g/mol. The van der Waals surface area contributed by atoms with Crippen LogP contribution in [0.2, 0.25) is 0 Å². The Kier molecular flexibility index (Phi) is 4.65. The van der Waals surface area contributed by atoms with Crippen LogP contribution in [0.3, 0.4) is 0 Å². The SMILES string of the molecule is Cc1oc(-c2ccccc2)nc1COc1ccc(C2(CC(=O)O)OC2C)cc1. The minimum absolute atomic E-state index is 0.0469. The number of epoxide rings is 1. The van der Waals surface area contributed by atoms with Crippen LogP contribution in [0.5, 0.6) is 5.75 Å². The molecule has 1 aromatic heterocycles. The molecule has 6 nitrogen and oxygen atoms in total. The van der Waals surface area contributed by atoms with Gasteiger partial charge in [-0.3, -0.25) is 4.79 Å². The number of oxazole rings is 1. The second-order valence-corrected chi connectivity index (χ2v) is 6.92. The first-order valence-electron chi connectivity index (χ1n) is 9.12. The molecule has 2 unspecified atom stereocenters. The molecule has 0 radical (unpaired) electrons. The maximum absolute atomic E-state index is 11.1. The predicted octanol–water partition coefficient (Wildman–Crippen LogP) is 4.32. The molecule has 6 heteroatoms. The van der Waals surface area contributed by atoms with Gasteiger partial charge in [0, 0.05) is 5.56 Å². The van der Waals surface area contributed by atoms with Crippen LogP contribution in [0.15, 0.2) is 59.0 Å². The van der Waals surface area contributed by atoms with Gasteiger partial charge in [0.15, 0.2) is 0 Å². The summed E-state index contributed by atoms with van der Waals surface area (Å²) in [6.45, 7) is 4.03. The summed E-state index contributed by atoms with van der Waals surface area (Å²) in [6.07, 6.45) is -0.154. The van der Waals surface area contributed by atoms with Gasteiger partial charge < -0.3 is 19.0 Å². The number of carbonyl (C=O) groups is 1. The summed E-state index contributed by atoms with van der Waals surface area (Å²) in [6, 6.07) is 17.1. The molecule has 0 aliphatic carbocycles. The van der Waals surface area contributed by atoms with Crippen LogP contribution in [0.1, 0.15) is 30.4 Å². The molecule has 2 atom stereocenters. The van der Waals surface area contributed by atoms with E-state index in [9.17, 15) is 4.79 Å². The Morgan fingerprint density at radius 3 is 2.46 bits per heavy atom. The van der Waals surface area contributed by atoms with Crippen LogP contribution >= 0.6 is 0 Å². The van der Waals surface area contributed by atoms with Gasteiger partial charge in [0.25, 0.3) is 0 Å². The van der Waals surface area contributed by atoms with E-state index in [0.29, 0.717) is 11.6 Å². The first-order valence-corrected chi connectivity index (χ1v) is 9.12. The fraction of sp³-hybridized carbons (Fsp3) is 0.273. The van der Waals surface area contributed by atoms with E-state index in [2.05, 4.69) is 4.98 Å². The largest absolute Gasteiger partial charge is 0.487 e. The third-order valence-corrected chi connectivity index (χ3v) is 5.03. The monoisotopic (exact) mass is 379 g/mol. The second-order valence-electron chi connectivity index (χ2n) is 6.92. The summed E-state index contributed by atoms with van der Waals surface area (Å²) in [4.78, 5) is 15.6. The zero-order chi connectivity index (χ0) is 19.7. The number of hydrogen-bond acceptors (Lipinski definition) is 5. The van der Waals surface area contributed by atoms with Gasteiger partial charge in [-0.1, -0.05) is 30.3 Å². The quantitative estimate of drug-likeness (QED) is 0.616. The van der Waals surface area contributed by atoms with E-state index in [4.69, 9.17) is 19.0 Å². The topological polar surface area (TPSA) is 85.1 Å². The predicted molar refractivity (Wildman–Crippen MR) is 102 cm³/mol. The van der Waals surface area contributed by atoms with Crippen molar-refractivity contribution < 1.29 is 23.8 Å². The minimum Gasteiger partial charge on any atom is -0.487 e. The molecular weight excluding hydrogens is 358 g/mol. The second kappa shape index (κ2) is 7.13. The van der Waals surface area contributed by atoms with Crippen LogP contribution in [0, 0.1) is 6.92 Å². The minimum atomic E-state index is -0.875. The number of carboxylic acid groups (broad SMARTS) is 1. The number of rotatable bonds is 7. The van der Waals surface area contributed by atoms with Crippen molar-refractivity contribution in [3.63, 3.8) is 0 Å². The van der Waals surface area contributed by atoms with Crippen molar-refractivity contribution in [3.8, 4) is 17.2 Å². The lowest BCUT2D eigenvalue weighted by Gasteiger charge is -2.12. The fourth-order valence-electron chi connectivity index (χ4n) is 3.35. The molecule has 0 amide bonds. The summed E-state index contributed by atoms with van der Waals surface area (Å²) in [5, 5.41) is 9.12. The van der Waals surface area contributed by atoms with E-state index < -0.39 is 11.6 Å². The van der Waals surface area contributed by atoms with E-state index in [1.54, 1.807) is 0 Å². The molecular formula is C22H21NO5. The first kappa shape index (κ1) is 18.3. The first-order chi connectivity index (χ1) is 13.5. The van der Waals surface area contributed by atoms with Crippen molar-refractivity contribution in [1.82, 2.24) is 4.98 Å². The van der Waals surface area contributed by atoms with Crippen molar-refractivity contribution in [2.45, 2.75) is 38.6 Å². The van der Waals surface area contributed by atoms with Crippen molar-refractivity contribution in [1.29, 1.82) is 0 Å². The maximum Gasteiger partial charge on any atom is 0.306 e. The van der Waals surface area contributed by atoms with Gasteiger partial charge in [0.1, 0.15) is 29.4 Å². The molecule has 1 aliphatic rings. The molecule has 28 heavy (non-hydrogen) atoms. The Balaban J connectivity index is 1.44. The molecule has 1 saturated heterocycles. The van der Waals surface area contributed by atoms with E-state index in [1.165, 1.54) is 0 Å². The Morgan fingerprint density at radius 1 is 1.18 bits per heavy atom. The van der Waals surface area contributed by atoms with Gasteiger partial charge in [-0.15, -0.1) is 0 Å². The molecule has 4 rings (SSSR count). The van der Waals surface area contributed by atoms with Crippen LogP contribution in [-0.4, -0.2) is 22.2 Å². The standard InChI is InChI=1S/C22H21NO5/c1-14-19(23-21(27-14)16-6-4-3-5-7-16)13-26-18-10-8-17(9-11-18)22(12-20(24)25)15(2)28-22/h3-11,15H,12-13H2,1-2H3,(H,24,25). The summed E-state index contributed by atoms with van der Waals surface area (Å²) in [5.74, 6) is 1.09. The smallest absolute Gasteiger partial charge is 0.306 e. The van der Waals surface area contributed by atoms with Crippen molar-refractivity contribution in [2.75, 3.05) is 0 Å². The fourth-order valence-corrected chi connectivity index (χ4v) is 3.35. The molecule has 1 fully saturated rings. The van der Waals surface area contributed by atoms with Gasteiger partial charge in [0.05, 0.1) is 12.5 Å². The lowest BCUT2D eigenvalue weighted by molar-refractivity contribution is -0.138. The number of aliphatic carboxylic acids is 1. The number of aryl methyl sites for hydroxylation is 1. The number of ether oxygens (including phenoxy) is 2. The van der Waals surface area contributed by atoms with Crippen molar-refractivity contribution in [2.24, 2.45) is 0 Å². The van der Waals surface area contributed by atoms with Gasteiger partial charge >= 0.3 is 5.97 Å². The van der Waals surface area contributed by atoms with Crippen molar-refractivity contribution in [3.05, 3.63) is 71.6 Å². The summed E-state index contributed by atoms with van der Waals surface area (Å²) < 4.78 is 17.2. The Morgan fingerprint density at radius 2 is 1.86 bits per heavy atom. The van der Waals surface area contributed by atoms with Gasteiger partial charge in [-0.05, 0) is 43.7 Å². The summed E-state index contributed by atoms with van der Waals surface area (Å²) in [5.41, 5.74) is 1.78. The number of carboxylic acids is 1. The molecule has 2 aromatic carbocycles. The normalized spacial score (nSPS) is 20.7. The molecule has 0 spiro atoms. The van der Waals surface area contributed by atoms with E-state index in [0.717, 1.165) is 22.6 Å². The van der Waals surface area contributed by atoms with Crippen LogP contribution in [0.4, 0.5) is 0 Å².